The second-order valence-corrected chi connectivity index (χ2v) is 7.10. The standard InChI is InChI=1S/C20H25FN2O/c1-14-6-8-19(9-7-14)23(13-16-4-3-5-18(21)11-16)20(24)17-10-15(2)22-12-17/h3-5,10-11,14,19H,6-9,12-13H2,1-2H3. The third kappa shape index (κ3) is 3.92. The van der Waals surface area contributed by atoms with Crippen LogP contribution in [0.25, 0.3) is 0 Å². The molecular formula is C20H25FN2O. The number of hydrogen-bond donors (Lipinski definition) is 0. The zero-order chi connectivity index (χ0) is 17.1. The lowest BCUT2D eigenvalue weighted by atomic mass is 9.86. The van der Waals surface area contributed by atoms with Gasteiger partial charge in [-0.3, -0.25) is 9.79 Å². The maximum absolute atomic E-state index is 13.5. The van der Waals surface area contributed by atoms with E-state index in [4.69, 9.17) is 0 Å². The number of aliphatic imine (C=N–C) groups is 1. The zero-order valence-corrected chi connectivity index (χ0v) is 14.5. The van der Waals surface area contributed by atoms with Gasteiger partial charge in [0.2, 0.25) is 0 Å². The van der Waals surface area contributed by atoms with Gasteiger partial charge in [-0.1, -0.05) is 19.1 Å². The summed E-state index contributed by atoms with van der Waals surface area (Å²) in [5, 5.41) is 0. The normalized spacial score (nSPS) is 23.6. The van der Waals surface area contributed by atoms with E-state index in [0.717, 1.165) is 48.4 Å². The number of nitrogens with zero attached hydrogens (tertiary/aromatic N) is 2. The molecule has 1 aromatic carbocycles. The molecule has 0 saturated heterocycles. The third-order valence-corrected chi connectivity index (χ3v) is 5.09. The van der Waals surface area contributed by atoms with Gasteiger partial charge in [-0.15, -0.1) is 0 Å². The number of halogens is 1. The van der Waals surface area contributed by atoms with Gasteiger partial charge in [-0.25, -0.2) is 4.39 Å². The van der Waals surface area contributed by atoms with Crippen molar-refractivity contribution in [1.82, 2.24) is 4.90 Å². The van der Waals surface area contributed by atoms with Gasteiger partial charge in [0, 0.05) is 23.9 Å². The van der Waals surface area contributed by atoms with E-state index >= 15 is 0 Å². The van der Waals surface area contributed by atoms with E-state index in [0.29, 0.717) is 13.1 Å². The number of allylic oxidation sites excluding steroid dienone is 1. The molecule has 1 fully saturated rings. The van der Waals surface area contributed by atoms with Crippen LogP contribution in [-0.4, -0.2) is 29.1 Å². The van der Waals surface area contributed by atoms with Gasteiger partial charge in [-0.05, 0) is 62.3 Å². The summed E-state index contributed by atoms with van der Waals surface area (Å²) in [6.07, 6.45) is 6.22. The summed E-state index contributed by atoms with van der Waals surface area (Å²) in [4.78, 5) is 19.3. The van der Waals surface area contributed by atoms with Crippen molar-refractivity contribution < 1.29 is 9.18 Å². The average molecular weight is 328 g/mol. The smallest absolute Gasteiger partial charge is 0.252 e. The highest BCUT2D eigenvalue weighted by Gasteiger charge is 2.30. The van der Waals surface area contributed by atoms with Gasteiger partial charge in [0.25, 0.3) is 5.91 Å². The minimum atomic E-state index is -0.253. The minimum absolute atomic E-state index is 0.0550. The molecule has 1 aromatic rings. The molecule has 3 nitrogen and oxygen atoms in total. The number of amides is 1. The van der Waals surface area contributed by atoms with Crippen molar-refractivity contribution in [2.24, 2.45) is 10.9 Å². The lowest BCUT2D eigenvalue weighted by molar-refractivity contribution is -0.131. The Morgan fingerprint density at radius 3 is 2.67 bits per heavy atom. The van der Waals surface area contributed by atoms with Crippen LogP contribution in [0.1, 0.15) is 45.1 Å². The van der Waals surface area contributed by atoms with Crippen LogP contribution in [0.5, 0.6) is 0 Å². The summed E-state index contributed by atoms with van der Waals surface area (Å²) < 4.78 is 13.5. The predicted octanol–water partition coefficient (Wildman–Crippen LogP) is 4.13. The van der Waals surface area contributed by atoms with Crippen LogP contribution >= 0.6 is 0 Å². The Morgan fingerprint density at radius 1 is 1.29 bits per heavy atom. The number of carbonyl (C=O) groups is 1. The van der Waals surface area contributed by atoms with Crippen LogP contribution in [0.2, 0.25) is 0 Å². The zero-order valence-electron chi connectivity index (χ0n) is 14.5. The maximum atomic E-state index is 13.5. The summed E-state index contributed by atoms with van der Waals surface area (Å²) in [5.74, 6) is 0.527. The first-order valence-corrected chi connectivity index (χ1v) is 8.80. The molecule has 0 radical (unpaired) electrons. The van der Waals surface area contributed by atoms with Crippen molar-refractivity contribution in [2.75, 3.05) is 6.54 Å². The van der Waals surface area contributed by atoms with Crippen molar-refractivity contribution in [2.45, 2.75) is 52.1 Å². The maximum Gasteiger partial charge on any atom is 0.252 e. The van der Waals surface area contributed by atoms with Crippen LogP contribution in [0.3, 0.4) is 0 Å². The molecule has 1 saturated carbocycles. The highest BCUT2D eigenvalue weighted by molar-refractivity contribution is 6.06. The molecule has 0 unspecified atom stereocenters. The fraction of sp³-hybridized carbons (Fsp3) is 0.500. The predicted molar refractivity (Wildman–Crippen MR) is 94.4 cm³/mol. The molecule has 0 N–H and O–H groups in total. The van der Waals surface area contributed by atoms with Crippen LogP contribution in [-0.2, 0) is 11.3 Å². The molecule has 1 aliphatic heterocycles. The van der Waals surface area contributed by atoms with Gasteiger partial charge < -0.3 is 4.90 Å². The molecule has 24 heavy (non-hydrogen) atoms. The lowest BCUT2D eigenvalue weighted by Gasteiger charge is -2.36. The highest BCUT2D eigenvalue weighted by atomic mass is 19.1. The van der Waals surface area contributed by atoms with Gasteiger partial charge >= 0.3 is 0 Å². The van der Waals surface area contributed by atoms with Gasteiger partial charge in [0.15, 0.2) is 0 Å². The molecule has 1 amide bonds. The SMILES string of the molecule is CC1=NCC(C(=O)N(Cc2cccc(F)c2)C2CCC(C)CC2)=C1. The fourth-order valence-electron chi connectivity index (χ4n) is 3.62. The lowest BCUT2D eigenvalue weighted by Crippen LogP contribution is -2.42. The van der Waals surface area contributed by atoms with Crippen LogP contribution in [0.15, 0.2) is 40.9 Å². The van der Waals surface area contributed by atoms with E-state index in [2.05, 4.69) is 11.9 Å². The summed E-state index contributed by atoms with van der Waals surface area (Å²) in [7, 11) is 0. The second kappa shape index (κ2) is 7.29. The monoisotopic (exact) mass is 328 g/mol. The summed E-state index contributed by atoms with van der Waals surface area (Å²) >= 11 is 0. The highest BCUT2D eigenvalue weighted by Crippen LogP contribution is 2.29. The molecule has 4 heteroatoms. The Balaban J connectivity index is 1.80. The quantitative estimate of drug-likeness (QED) is 0.818. The first-order valence-electron chi connectivity index (χ1n) is 8.80. The van der Waals surface area contributed by atoms with E-state index in [-0.39, 0.29) is 17.8 Å². The van der Waals surface area contributed by atoms with Crippen LogP contribution in [0.4, 0.5) is 4.39 Å². The van der Waals surface area contributed by atoms with E-state index in [1.165, 1.54) is 12.1 Å². The first kappa shape index (κ1) is 16.9. The van der Waals surface area contributed by atoms with E-state index < -0.39 is 0 Å². The molecule has 128 valence electrons. The number of carbonyl (C=O) groups excluding carboxylic acids is 1. The first-order chi connectivity index (χ1) is 11.5. The topological polar surface area (TPSA) is 32.7 Å². The van der Waals surface area contributed by atoms with E-state index in [9.17, 15) is 9.18 Å². The molecule has 0 aromatic heterocycles. The fourth-order valence-corrected chi connectivity index (χ4v) is 3.62. The van der Waals surface area contributed by atoms with Gasteiger partial charge in [0.05, 0.1) is 6.54 Å². The van der Waals surface area contributed by atoms with Crippen LogP contribution in [0, 0.1) is 11.7 Å². The van der Waals surface area contributed by atoms with Crippen molar-refractivity contribution in [3.8, 4) is 0 Å². The molecule has 0 bridgehead atoms. The summed E-state index contributed by atoms with van der Waals surface area (Å²) in [6.45, 7) is 5.12. The molecule has 1 heterocycles. The van der Waals surface area contributed by atoms with Crippen molar-refractivity contribution in [3.05, 3.63) is 47.3 Å². The number of rotatable bonds is 4. The average Bonchev–Trinajstić information content (AvgIpc) is 3.00. The summed E-state index contributed by atoms with van der Waals surface area (Å²) in [6, 6.07) is 6.79. The Morgan fingerprint density at radius 2 is 2.04 bits per heavy atom. The molecule has 2 aliphatic rings. The number of benzene rings is 1. The molecule has 0 spiro atoms. The minimum Gasteiger partial charge on any atom is -0.332 e. The van der Waals surface area contributed by atoms with Crippen molar-refractivity contribution >= 4 is 11.6 Å². The molecular weight excluding hydrogens is 303 g/mol. The summed E-state index contributed by atoms with van der Waals surface area (Å²) in [5.41, 5.74) is 2.50. The van der Waals surface area contributed by atoms with Crippen molar-refractivity contribution in [3.63, 3.8) is 0 Å². The molecule has 1 aliphatic carbocycles. The van der Waals surface area contributed by atoms with Gasteiger partial charge in [0.1, 0.15) is 5.82 Å². The van der Waals surface area contributed by atoms with Crippen molar-refractivity contribution in [1.29, 1.82) is 0 Å². The van der Waals surface area contributed by atoms with Crippen LogP contribution < -0.4 is 0 Å². The third-order valence-electron chi connectivity index (χ3n) is 5.09. The molecule has 0 atom stereocenters. The molecule has 3 rings (SSSR count). The van der Waals surface area contributed by atoms with E-state index in [1.807, 2.05) is 24.0 Å². The van der Waals surface area contributed by atoms with E-state index in [1.54, 1.807) is 6.07 Å². The Kier molecular flexibility index (Phi) is 5.12. The number of hydrogen-bond acceptors (Lipinski definition) is 2. The van der Waals surface area contributed by atoms with Gasteiger partial charge in [-0.2, -0.15) is 0 Å². The Bertz CT molecular complexity index is 672. The Labute approximate surface area is 143 Å². The second-order valence-electron chi connectivity index (χ2n) is 7.10. The Hall–Kier alpha value is -1.97. The largest absolute Gasteiger partial charge is 0.332 e.